The Morgan fingerprint density at radius 2 is 1.24 bits per heavy atom. The van der Waals surface area contributed by atoms with Gasteiger partial charge in [0.05, 0.1) is 5.56 Å². The molecule has 0 amide bonds. The van der Waals surface area contributed by atoms with Crippen LogP contribution in [0.1, 0.15) is 32.6 Å². The van der Waals surface area contributed by atoms with Crippen LogP contribution in [0.4, 0.5) is 0 Å². The molecule has 0 aromatic heterocycles. The van der Waals surface area contributed by atoms with Gasteiger partial charge in [-0.3, -0.25) is 0 Å². The molecule has 3 rings (SSSR count). The van der Waals surface area contributed by atoms with Crippen LogP contribution in [0.25, 0.3) is 0 Å². The highest BCUT2D eigenvalue weighted by molar-refractivity contribution is 5.90. The minimum Gasteiger partial charge on any atom is -0.508 e. The van der Waals surface area contributed by atoms with Crippen molar-refractivity contribution in [2.45, 2.75) is 12.8 Å². The number of hydrogen-bond acceptors (Lipinski definition) is 3. The summed E-state index contributed by atoms with van der Waals surface area (Å²) in [7, 11) is 0. The Balaban J connectivity index is 1.99. The Morgan fingerprint density at radius 1 is 0.720 bits per heavy atom. The molecule has 0 radical (unpaired) electrons. The normalized spacial score (nSPS) is 10.6. The van der Waals surface area contributed by atoms with Crippen molar-refractivity contribution in [3.8, 4) is 11.5 Å². The monoisotopic (exact) mass is 334 g/mol. The summed E-state index contributed by atoms with van der Waals surface area (Å²) < 4.78 is 0. The molecule has 0 aliphatic rings. The SMILES string of the molecule is O=C(O)c1cccc(Cc2ccc(O)cc2)c1Cc1ccc(O)cc1. The van der Waals surface area contributed by atoms with Crippen LogP contribution in [0.15, 0.2) is 66.7 Å². The van der Waals surface area contributed by atoms with E-state index in [1.807, 2.05) is 18.2 Å². The van der Waals surface area contributed by atoms with Crippen molar-refractivity contribution < 1.29 is 20.1 Å². The molecule has 126 valence electrons. The van der Waals surface area contributed by atoms with E-state index in [0.29, 0.717) is 12.8 Å². The van der Waals surface area contributed by atoms with Gasteiger partial charge in [-0.2, -0.15) is 0 Å². The third-order valence-electron chi connectivity index (χ3n) is 4.15. The van der Waals surface area contributed by atoms with Crippen molar-refractivity contribution in [2.24, 2.45) is 0 Å². The molecule has 0 aliphatic heterocycles. The van der Waals surface area contributed by atoms with E-state index in [-0.39, 0.29) is 17.1 Å². The number of benzene rings is 3. The van der Waals surface area contributed by atoms with Crippen LogP contribution in [-0.4, -0.2) is 21.3 Å². The number of carbonyl (C=O) groups is 1. The molecule has 4 nitrogen and oxygen atoms in total. The number of carboxylic acid groups (broad SMARTS) is 1. The lowest BCUT2D eigenvalue weighted by molar-refractivity contribution is 0.0695. The predicted octanol–water partition coefficient (Wildman–Crippen LogP) is 3.98. The van der Waals surface area contributed by atoms with Crippen LogP contribution in [0.2, 0.25) is 0 Å². The average Bonchev–Trinajstić information content (AvgIpc) is 2.60. The van der Waals surface area contributed by atoms with Gasteiger partial charge in [-0.1, -0.05) is 36.4 Å². The quantitative estimate of drug-likeness (QED) is 0.659. The highest BCUT2D eigenvalue weighted by Crippen LogP contribution is 2.24. The molecule has 3 aromatic rings. The summed E-state index contributed by atoms with van der Waals surface area (Å²) in [6, 6.07) is 19.0. The van der Waals surface area contributed by atoms with E-state index in [1.54, 1.807) is 48.5 Å². The lowest BCUT2D eigenvalue weighted by Gasteiger charge is -2.13. The van der Waals surface area contributed by atoms with Crippen molar-refractivity contribution in [1.29, 1.82) is 0 Å². The molecule has 0 unspecified atom stereocenters. The second-order valence-electron chi connectivity index (χ2n) is 5.93. The van der Waals surface area contributed by atoms with Crippen LogP contribution < -0.4 is 0 Å². The summed E-state index contributed by atoms with van der Waals surface area (Å²) in [6.07, 6.45) is 1.05. The van der Waals surface area contributed by atoms with E-state index in [9.17, 15) is 20.1 Å². The maximum atomic E-state index is 11.6. The van der Waals surface area contributed by atoms with Crippen LogP contribution in [0, 0.1) is 0 Å². The van der Waals surface area contributed by atoms with Gasteiger partial charge in [0.2, 0.25) is 0 Å². The molecule has 3 N–H and O–H groups in total. The maximum absolute atomic E-state index is 11.6. The zero-order chi connectivity index (χ0) is 17.8. The molecule has 0 heterocycles. The van der Waals surface area contributed by atoms with Crippen molar-refractivity contribution >= 4 is 5.97 Å². The molecular formula is C21H18O4. The smallest absolute Gasteiger partial charge is 0.335 e. The topological polar surface area (TPSA) is 77.8 Å². The number of aromatic hydroxyl groups is 2. The van der Waals surface area contributed by atoms with E-state index in [4.69, 9.17) is 0 Å². The molecule has 0 fully saturated rings. The van der Waals surface area contributed by atoms with Crippen molar-refractivity contribution in [1.82, 2.24) is 0 Å². The number of phenols is 2. The molecule has 0 atom stereocenters. The van der Waals surface area contributed by atoms with Crippen molar-refractivity contribution in [3.05, 3.63) is 94.5 Å². The third kappa shape index (κ3) is 3.98. The van der Waals surface area contributed by atoms with E-state index < -0.39 is 5.97 Å². The first-order chi connectivity index (χ1) is 12.0. The number of hydrogen-bond donors (Lipinski definition) is 3. The minimum absolute atomic E-state index is 0.180. The fourth-order valence-corrected chi connectivity index (χ4v) is 2.86. The van der Waals surface area contributed by atoms with Gasteiger partial charge in [0, 0.05) is 0 Å². The molecule has 0 aliphatic carbocycles. The number of carboxylic acids is 1. The first-order valence-electron chi connectivity index (χ1n) is 7.93. The lowest BCUT2D eigenvalue weighted by Crippen LogP contribution is -2.07. The maximum Gasteiger partial charge on any atom is 0.335 e. The Morgan fingerprint density at radius 3 is 1.76 bits per heavy atom. The van der Waals surface area contributed by atoms with Gasteiger partial charge in [-0.15, -0.1) is 0 Å². The Bertz CT molecular complexity index is 881. The van der Waals surface area contributed by atoms with Crippen LogP contribution >= 0.6 is 0 Å². The molecule has 0 saturated heterocycles. The largest absolute Gasteiger partial charge is 0.508 e. The van der Waals surface area contributed by atoms with Crippen LogP contribution in [-0.2, 0) is 12.8 Å². The highest BCUT2D eigenvalue weighted by Gasteiger charge is 2.15. The van der Waals surface area contributed by atoms with E-state index >= 15 is 0 Å². The molecule has 4 heteroatoms. The second-order valence-corrected chi connectivity index (χ2v) is 5.93. The van der Waals surface area contributed by atoms with Crippen LogP contribution in [0.3, 0.4) is 0 Å². The number of rotatable bonds is 5. The molecule has 25 heavy (non-hydrogen) atoms. The number of phenolic OH excluding ortho intramolecular Hbond substituents is 2. The first-order valence-corrected chi connectivity index (χ1v) is 7.93. The summed E-state index contributed by atoms with van der Waals surface area (Å²) in [5.74, 6) is -0.576. The molecule has 0 bridgehead atoms. The van der Waals surface area contributed by atoms with Gasteiger partial charge in [-0.25, -0.2) is 4.79 Å². The van der Waals surface area contributed by atoms with Gasteiger partial charge < -0.3 is 15.3 Å². The summed E-state index contributed by atoms with van der Waals surface area (Å²) in [6.45, 7) is 0. The molecule has 0 spiro atoms. The fraction of sp³-hybridized carbons (Fsp3) is 0.0952. The standard InChI is InChI=1S/C21H18O4/c22-17-8-4-14(5-9-17)12-16-2-1-3-19(21(24)25)20(16)13-15-6-10-18(23)11-7-15/h1-11,22-23H,12-13H2,(H,24,25). The molecule has 3 aromatic carbocycles. The molecular weight excluding hydrogens is 316 g/mol. The number of aromatic carboxylic acids is 1. The zero-order valence-electron chi connectivity index (χ0n) is 13.5. The summed E-state index contributed by atoms with van der Waals surface area (Å²) in [4.78, 5) is 11.6. The van der Waals surface area contributed by atoms with Gasteiger partial charge >= 0.3 is 5.97 Å². The molecule has 0 saturated carbocycles. The van der Waals surface area contributed by atoms with Gasteiger partial charge in [0.25, 0.3) is 0 Å². The van der Waals surface area contributed by atoms with Gasteiger partial charge in [0.15, 0.2) is 0 Å². The fourth-order valence-electron chi connectivity index (χ4n) is 2.86. The van der Waals surface area contributed by atoms with E-state index in [2.05, 4.69) is 0 Å². The van der Waals surface area contributed by atoms with Crippen molar-refractivity contribution in [3.63, 3.8) is 0 Å². The predicted molar refractivity (Wildman–Crippen MR) is 95.2 cm³/mol. The van der Waals surface area contributed by atoms with Crippen LogP contribution in [0.5, 0.6) is 11.5 Å². The van der Waals surface area contributed by atoms with Gasteiger partial charge in [0.1, 0.15) is 11.5 Å². The van der Waals surface area contributed by atoms with Crippen molar-refractivity contribution in [2.75, 3.05) is 0 Å². The first kappa shape index (κ1) is 16.6. The highest BCUT2D eigenvalue weighted by atomic mass is 16.4. The summed E-state index contributed by atoms with van der Waals surface area (Å²) in [5, 5.41) is 28.4. The van der Waals surface area contributed by atoms with E-state index in [0.717, 1.165) is 22.3 Å². The lowest BCUT2D eigenvalue weighted by atomic mass is 9.91. The summed E-state index contributed by atoms with van der Waals surface area (Å²) >= 11 is 0. The van der Waals surface area contributed by atoms with E-state index in [1.165, 1.54) is 0 Å². The Kier molecular flexibility index (Phi) is 4.70. The third-order valence-corrected chi connectivity index (χ3v) is 4.15. The Labute approximate surface area is 145 Å². The average molecular weight is 334 g/mol. The van der Waals surface area contributed by atoms with Gasteiger partial charge in [-0.05, 0) is 65.4 Å². The second kappa shape index (κ2) is 7.09. The summed E-state index contributed by atoms with van der Waals surface area (Å²) in [5.41, 5.74) is 3.89. The Hall–Kier alpha value is -3.27. The zero-order valence-corrected chi connectivity index (χ0v) is 13.5. The minimum atomic E-state index is -0.957.